The fourth-order valence-corrected chi connectivity index (χ4v) is 1.50. The highest BCUT2D eigenvalue weighted by Crippen LogP contribution is 2.20. The lowest BCUT2D eigenvalue weighted by Gasteiger charge is -2.00. The second-order valence-corrected chi connectivity index (χ2v) is 2.89. The van der Waals surface area contributed by atoms with Crippen molar-refractivity contribution < 1.29 is 9.94 Å². The molecule has 1 atom stereocenters. The summed E-state index contributed by atoms with van der Waals surface area (Å²) in [6.45, 7) is 0. The highest BCUT2D eigenvalue weighted by molar-refractivity contribution is 6.05. The molecule has 0 saturated carbocycles. The number of pyridine rings is 1. The van der Waals surface area contributed by atoms with E-state index < -0.39 is 6.10 Å². The third-order valence-electron chi connectivity index (χ3n) is 2.05. The van der Waals surface area contributed by atoms with E-state index in [9.17, 15) is 5.11 Å². The van der Waals surface area contributed by atoms with E-state index in [0.717, 1.165) is 11.3 Å². The Kier molecular flexibility index (Phi) is 1.98. The molecule has 1 heterocycles. The summed E-state index contributed by atoms with van der Waals surface area (Å²) in [7, 11) is 1.46. The zero-order valence-corrected chi connectivity index (χ0v) is 7.27. The molecule has 1 unspecified atom stereocenters. The number of aromatic nitrogens is 1. The smallest absolute Gasteiger partial charge is 0.134 e. The average molecular weight is 178 g/mol. The van der Waals surface area contributed by atoms with Gasteiger partial charge in [-0.2, -0.15) is 0 Å². The summed E-state index contributed by atoms with van der Waals surface area (Å²) in [6.07, 6.45) is 1.68. The third-order valence-corrected chi connectivity index (χ3v) is 2.05. The molecule has 68 valence electrons. The maximum atomic E-state index is 9.59. The van der Waals surface area contributed by atoms with Gasteiger partial charge in [-0.3, -0.25) is 4.98 Å². The van der Waals surface area contributed by atoms with Gasteiger partial charge in [0, 0.05) is 12.6 Å². The van der Waals surface area contributed by atoms with E-state index in [-0.39, 0.29) is 0 Å². The number of rotatable bonds is 1. The second kappa shape index (κ2) is 3.14. The minimum atomic E-state index is -0.579. The molecule has 1 aromatic heterocycles. The molecule has 1 aromatic rings. The molecule has 1 N–H and O–H groups in total. The molecule has 0 aromatic carbocycles. The van der Waals surface area contributed by atoms with E-state index in [1.165, 1.54) is 7.11 Å². The summed E-state index contributed by atoms with van der Waals surface area (Å²) in [5.74, 6) is 0. The van der Waals surface area contributed by atoms with E-state index in [0.29, 0.717) is 12.1 Å². The number of nitrogens with zero attached hydrogens (tertiary/aromatic N) is 2. The molecular weight excluding hydrogens is 168 g/mol. The van der Waals surface area contributed by atoms with E-state index in [4.69, 9.17) is 0 Å². The Morgan fingerprint density at radius 1 is 1.69 bits per heavy atom. The molecule has 4 heteroatoms. The molecule has 13 heavy (non-hydrogen) atoms. The molecule has 0 radical (unpaired) electrons. The number of fused-ring (bicyclic) bond motifs is 1. The maximum Gasteiger partial charge on any atom is 0.134 e. The van der Waals surface area contributed by atoms with Gasteiger partial charge in [-0.05, 0) is 11.6 Å². The van der Waals surface area contributed by atoms with Gasteiger partial charge < -0.3 is 9.94 Å². The third kappa shape index (κ3) is 1.29. The van der Waals surface area contributed by atoms with Crippen molar-refractivity contribution in [3.63, 3.8) is 0 Å². The average Bonchev–Trinajstić information content (AvgIpc) is 2.44. The molecule has 0 fully saturated rings. The minimum absolute atomic E-state index is 0.526. The Hall–Kier alpha value is -1.42. The maximum absolute atomic E-state index is 9.59. The predicted molar refractivity (Wildman–Crippen MR) is 47.5 cm³/mol. The zero-order chi connectivity index (χ0) is 9.26. The van der Waals surface area contributed by atoms with Gasteiger partial charge in [-0.15, -0.1) is 0 Å². The van der Waals surface area contributed by atoms with Crippen LogP contribution in [0.25, 0.3) is 0 Å². The summed E-state index contributed by atoms with van der Waals surface area (Å²) in [4.78, 5) is 8.78. The van der Waals surface area contributed by atoms with Crippen molar-refractivity contribution in [2.24, 2.45) is 5.16 Å². The van der Waals surface area contributed by atoms with Gasteiger partial charge in [-0.25, -0.2) is 0 Å². The first-order valence-corrected chi connectivity index (χ1v) is 4.06. The molecule has 0 spiro atoms. The zero-order valence-electron chi connectivity index (χ0n) is 7.27. The first-order valence-electron chi connectivity index (χ1n) is 4.06. The molecular formula is C9H10N2O2. The number of aliphatic hydroxyl groups excluding tert-OH is 1. The van der Waals surface area contributed by atoms with Crippen molar-refractivity contribution >= 4 is 5.71 Å². The van der Waals surface area contributed by atoms with E-state index >= 15 is 0 Å². The van der Waals surface area contributed by atoms with Crippen molar-refractivity contribution in [3.8, 4) is 0 Å². The lowest BCUT2D eigenvalue weighted by molar-refractivity contribution is 0.198. The van der Waals surface area contributed by atoms with Crippen LogP contribution < -0.4 is 0 Å². The van der Waals surface area contributed by atoms with E-state index in [1.54, 1.807) is 6.20 Å². The van der Waals surface area contributed by atoms with Crippen molar-refractivity contribution in [1.82, 2.24) is 4.98 Å². The SMILES string of the molecule is CON=C1c2ncccc2CC1O. The Bertz CT molecular complexity index is 349. The molecule has 0 saturated heterocycles. The van der Waals surface area contributed by atoms with Gasteiger partial charge in [0.25, 0.3) is 0 Å². The Labute approximate surface area is 75.9 Å². The number of hydrogen-bond acceptors (Lipinski definition) is 4. The summed E-state index contributed by atoms with van der Waals surface area (Å²) in [5, 5.41) is 13.3. The van der Waals surface area contributed by atoms with Gasteiger partial charge in [0.05, 0.1) is 5.69 Å². The van der Waals surface area contributed by atoms with Crippen molar-refractivity contribution in [1.29, 1.82) is 0 Å². The highest BCUT2D eigenvalue weighted by Gasteiger charge is 2.28. The lowest BCUT2D eigenvalue weighted by Crippen LogP contribution is -2.16. The normalized spacial score (nSPS) is 23.2. The van der Waals surface area contributed by atoms with Crippen molar-refractivity contribution in [3.05, 3.63) is 29.6 Å². The topological polar surface area (TPSA) is 54.7 Å². The standard InChI is InChI=1S/C9H10N2O2/c1-13-11-9-7(12)5-6-3-2-4-10-8(6)9/h2-4,7,12H,5H2,1H3. The van der Waals surface area contributed by atoms with Crippen LogP contribution in [0.2, 0.25) is 0 Å². The predicted octanol–water partition coefficient (Wildman–Crippen LogP) is 0.349. The summed E-state index contributed by atoms with van der Waals surface area (Å²) in [6, 6.07) is 3.78. The van der Waals surface area contributed by atoms with Crippen LogP contribution in [0.5, 0.6) is 0 Å². The second-order valence-electron chi connectivity index (χ2n) is 2.89. The summed E-state index contributed by atoms with van der Waals surface area (Å²) in [5.41, 5.74) is 2.29. The fraction of sp³-hybridized carbons (Fsp3) is 0.333. The minimum Gasteiger partial charge on any atom is -0.399 e. The summed E-state index contributed by atoms with van der Waals surface area (Å²) < 4.78 is 0. The molecule has 2 rings (SSSR count). The van der Waals surface area contributed by atoms with Gasteiger partial charge in [-0.1, -0.05) is 11.2 Å². The van der Waals surface area contributed by atoms with Crippen molar-refractivity contribution in [2.75, 3.05) is 7.11 Å². The van der Waals surface area contributed by atoms with Crippen LogP contribution in [0, 0.1) is 0 Å². The van der Waals surface area contributed by atoms with Gasteiger partial charge in [0.1, 0.15) is 18.9 Å². The van der Waals surface area contributed by atoms with Crippen LogP contribution in [0.1, 0.15) is 11.3 Å². The number of oxime groups is 1. The Morgan fingerprint density at radius 3 is 3.31 bits per heavy atom. The quantitative estimate of drug-likeness (QED) is 0.631. The van der Waals surface area contributed by atoms with Gasteiger partial charge >= 0.3 is 0 Å². The Balaban J connectivity index is 2.46. The molecule has 0 amide bonds. The summed E-state index contributed by atoms with van der Waals surface area (Å²) >= 11 is 0. The highest BCUT2D eigenvalue weighted by atomic mass is 16.6. The van der Waals surface area contributed by atoms with E-state index in [2.05, 4.69) is 15.0 Å². The number of aliphatic hydroxyl groups is 1. The first-order chi connectivity index (χ1) is 6.33. The van der Waals surface area contributed by atoms with Crippen LogP contribution in [0.4, 0.5) is 0 Å². The van der Waals surface area contributed by atoms with Crippen LogP contribution in [-0.2, 0) is 11.3 Å². The van der Waals surface area contributed by atoms with Gasteiger partial charge in [0.15, 0.2) is 0 Å². The van der Waals surface area contributed by atoms with Gasteiger partial charge in [0.2, 0.25) is 0 Å². The van der Waals surface area contributed by atoms with Crippen LogP contribution >= 0.6 is 0 Å². The first kappa shape index (κ1) is 8.19. The molecule has 0 aliphatic heterocycles. The largest absolute Gasteiger partial charge is 0.399 e. The molecule has 4 nitrogen and oxygen atoms in total. The van der Waals surface area contributed by atoms with Crippen molar-refractivity contribution in [2.45, 2.75) is 12.5 Å². The number of hydrogen-bond donors (Lipinski definition) is 1. The van der Waals surface area contributed by atoms with E-state index in [1.807, 2.05) is 12.1 Å². The lowest BCUT2D eigenvalue weighted by atomic mass is 10.2. The monoisotopic (exact) mass is 178 g/mol. The fourth-order valence-electron chi connectivity index (χ4n) is 1.50. The Morgan fingerprint density at radius 2 is 2.54 bits per heavy atom. The van der Waals surface area contributed by atoms with Crippen LogP contribution in [0.15, 0.2) is 23.5 Å². The van der Waals surface area contributed by atoms with Crippen LogP contribution in [-0.4, -0.2) is 29.0 Å². The molecule has 1 aliphatic rings. The van der Waals surface area contributed by atoms with Crippen LogP contribution in [0.3, 0.4) is 0 Å². The molecule has 1 aliphatic carbocycles. The molecule has 0 bridgehead atoms.